The predicted octanol–water partition coefficient (Wildman–Crippen LogP) is 3.84. The molecule has 7 nitrogen and oxygen atoms in total. The quantitative estimate of drug-likeness (QED) is 0.564. The lowest BCUT2D eigenvalue weighted by molar-refractivity contribution is -0.126. The summed E-state index contributed by atoms with van der Waals surface area (Å²) in [5.41, 5.74) is 5.74. The van der Waals surface area contributed by atoms with Crippen molar-refractivity contribution in [3.8, 4) is 6.01 Å². The van der Waals surface area contributed by atoms with E-state index in [4.69, 9.17) is 14.7 Å². The molecule has 0 bridgehead atoms. The molecule has 38 heavy (non-hydrogen) atoms. The molecule has 2 aliphatic carbocycles. The average Bonchev–Trinajstić information content (AvgIpc) is 3.35. The van der Waals surface area contributed by atoms with Crippen LogP contribution in [0.1, 0.15) is 55.0 Å². The van der Waals surface area contributed by atoms with Gasteiger partial charge in [0.25, 0.3) is 0 Å². The number of hydrogen-bond donors (Lipinski definition) is 0. The molecule has 0 radical (unpaired) electrons. The van der Waals surface area contributed by atoms with Crippen molar-refractivity contribution in [2.75, 3.05) is 44.7 Å². The summed E-state index contributed by atoms with van der Waals surface area (Å²) in [6.07, 6.45) is 10.4. The van der Waals surface area contributed by atoms with E-state index in [1.54, 1.807) is 0 Å². The van der Waals surface area contributed by atoms with Crippen LogP contribution in [0.2, 0.25) is 0 Å². The van der Waals surface area contributed by atoms with E-state index in [9.17, 15) is 4.79 Å². The highest BCUT2D eigenvalue weighted by Gasteiger charge is 2.40. The largest absolute Gasteiger partial charge is 0.462 e. The van der Waals surface area contributed by atoms with Crippen LogP contribution in [0.4, 0.5) is 5.82 Å². The monoisotopic (exact) mass is 515 g/mol. The fourth-order valence-electron chi connectivity index (χ4n) is 7.23. The maximum absolute atomic E-state index is 12.3. The smallest absolute Gasteiger partial charge is 0.318 e. The Labute approximate surface area is 226 Å². The Morgan fingerprint density at radius 3 is 2.71 bits per heavy atom. The molecule has 202 valence electrons. The number of likely N-dealkylation sites (tertiary alicyclic amines) is 1. The van der Waals surface area contributed by atoms with Crippen molar-refractivity contribution in [1.29, 1.82) is 0 Å². The molecular formula is C31H41N5O2. The number of hydrogen-bond acceptors (Lipinski definition) is 6. The number of aromatic nitrogens is 2. The SMILES string of the molecule is C=CC(=O)N1CCN(c2nc(OC[C@@H]3CCCN3C)nc3c2CC[C@@]2(CCc4ccccc4C2)C3)[C@@H](C)C1. The van der Waals surface area contributed by atoms with Gasteiger partial charge in [0.1, 0.15) is 12.4 Å². The second kappa shape index (κ2) is 10.3. The van der Waals surface area contributed by atoms with Crippen LogP contribution in [0.5, 0.6) is 6.01 Å². The number of ether oxygens (including phenoxy) is 1. The first kappa shape index (κ1) is 25.4. The summed E-state index contributed by atoms with van der Waals surface area (Å²) in [5, 5.41) is 0. The summed E-state index contributed by atoms with van der Waals surface area (Å²) in [6.45, 7) is 9.73. The molecule has 4 aliphatic rings. The molecule has 1 amide bonds. The first-order chi connectivity index (χ1) is 18.4. The van der Waals surface area contributed by atoms with Gasteiger partial charge in [0.2, 0.25) is 5.91 Å². The molecule has 7 heteroatoms. The lowest BCUT2D eigenvalue weighted by Gasteiger charge is -2.44. The Morgan fingerprint density at radius 2 is 1.95 bits per heavy atom. The number of aryl methyl sites for hydroxylation is 1. The van der Waals surface area contributed by atoms with Crippen molar-refractivity contribution >= 4 is 11.7 Å². The highest BCUT2D eigenvalue weighted by atomic mass is 16.5. The van der Waals surface area contributed by atoms with Crippen LogP contribution in [0.3, 0.4) is 0 Å². The number of rotatable bonds is 5. The molecule has 0 unspecified atom stereocenters. The van der Waals surface area contributed by atoms with Crippen molar-refractivity contribution < 1.29 is 9.53 Å². The minimum Gasteiger partial charge on any atom is -0.462 e. The van der Waals surface area contributed by atoms with Crippen molar-refractivity contribution in [2.45, 2.75) is 70.4 Å². The van der Waals surface area contributed by atoms with Gasteiger partial charge in [0.05, 0.1) is 5.69 Å². The summed E-state index contributed by atoms with van der Waals surface area (Å²) < 4.78 is 6.33. The van der Waals surface area contributed by atoms with Crippen LogP contribution >= 0.6 is 0 Å². The Bertz CT molecular complexity index is 1210. The molecule has 0 N–H and O–H groups in total. The van der Waals surface area contributed by atoms with Crippen LogP contribution in [0.25, 0.3) is 0 Å². The van der Waals surface area contributed by atoms with Crippen LogP contribution in [-0.2, 0) is 30.5 Å². The van der Waals surface area contributed by atoms with E-state index >= 15 is 0 Å². The van der Waals surface area contributed by atoms with Gasteiger partial charge in [-0.25, -0.2) is 0 Å². The van der Waals surface area contributed by atoms with Crippen LogP contribution in [-0.4, -0.2) is 77.6 Å². The van der Waals surface area contributed by atoms with E-state index in [1.165, 1.54) is 47.7 Å². The number of carbonyl (C=O) groups is 1. The molecule has 3 heterocycles. The Balaban J connectivity index is 1.30. The lowest BCUT2D eigenvalue weighted by Crippen LogP contribution is -2.54. The zero-order valence-electron chi connectivity index (χ0n) is 23.0. The molecule has 2 fully saturated rings. The van der Waals surface area contributed by atoms with Crippen molar-refractivity contribution in [1.82, 2.24) is 19.8 Å². The summed E-state index contributed by atoms with van der Waals surface area (Å²) in [4.78, 5) is 29.1. The Kier molecular flexibility index (Phi) is 6.89. The first-order valence-corrected chi connectivity index (χ1v) is 14.4. The molecule has 6 rings (SSSR count). The number of benzene rings is 1. The van der Waals surface area contributed by atoms with Gasteiger partial charge < -0.3 is 19.4 Å². The number of piperazine rings is 1. The maximum Gasteiger partial charge on any atom is 0.318 e. The zero-order valence-corrected chi connectivity index (χ0v) is 23.0. The molecule has 1 aromatic heterocycles. The predicted molar refractivity (Wildman–Crippen MR) is 150 cm³/mol. The lowest BCUT2D eigenvalue weighted by atomic mass is 9.63. The number of likely N-dealkylation sites (N-methyl/N-ethyl adjacent to an activating group) is 1. The molecule has 3 atom stereocenters. The minimum atomic E-state index is 0.00504. The normalized spacial score (nSPS) is 27.2. The van der Waals surface area contributed by atoms with Crippen molar-refractivity contribution in [3.05, 3.63) is 59.3 Å². The van der Waals surface area contributed by atoms with Gasteiger partial charge in [-0.05, 0) is 94.5 Å². The van der Waals surface area contributed by atoms with Gasteiger partial charge in [-0.3, -0.25) is 4.79 Å². The van der Waals surface area contributed by atoms with E-state index in [-0.39, 0.29) is 17.4 Å². The van der Waals surface area contributed by atoms with Crippen molar-refractivity contribution in [3.63, 3.8) is 0 Å². The summed E-state index contributed by atoms with van der Waals surface area (Å²) in [7, 11) is 2.18. The number of amides is 1. The number of fused-ring (bicyclic) bond motifs is 2. The van der Waals surface area contributed by atoms with Crippen molar-refractivity contribution in [2.24, 2.45) is 5.41 Å². The third kappa shape index (κ3) is 4.81. The van der Waals surface area contributed by atoms with Gasteiger partial charge >= 0.3 is 6.01 Å². The molecule has 0 saturated carbocycles. The third-order valence-corrected chi connectivity index (χ3v) is 9.57. The minimum absolute atomic E-state index is 0.00504. The highest BCUT2D eigenvalue weighted by molar-refractivity contribution is 5.87. The third-order valence-electron chi connectivity index (χ3n) is 9.57. The van der Waals surface area contributed by atoms with E-state index in [2.05, 4.69) is 54.6 Å². The Morgan fingerprint density at radius 1 is 1.13 bits per heavy atom. The average molecular weight is 516 g/mol. The summed E-state index contributed by atoms with van der Waals surface area (Å²) >= 11 is 0. The van der Waals surface area contributed by atoms with Crippen LogP contribution in [0, 0.1) is 5.41 Å². The van der Waals surface area contributed by atoms with E-state index < -0.39 is 0 Å². The second-order valence-electron chi connectivity index (χ2n) is 12.0. The van der Waals surface area contributed by atoms with Gasteiger partial charge in [0, 0.05) is 37.3 Å². The Hall–Kier alpha value is -2.93. The highest BCUT2D eigenvalue weighted by Crippen LogP contribution is 2.47. The van der Waals surface area contributed by atoms with E-state index in [1.807, 2.05) is 4.90 Å². The van der Waals surface area contributed by atoms with E-state index in [0.717, 1.165) is 51.0 Å². The first-order valence-electron chi connectivity index (χ1n) is 14.4. The molecule has 1 spiro atoms. The van der Waals surface area contributed by atoms with Crippen LogP contribution in [0.15, 0.2) is 36.9 Å². The standard InChI is InChI=1S/C31H41N5O2/c1-4-28(37)35-16-17-36(22(2)20-35)29-26-12-14-31(13-11-23-8-5-6-9-24(23)18-31)19-27(26)32-30(33-29)38-21-25-10-7-15-34(25)3/h4-6,8-9,22,25H,1,7,10-21H2,2-3H3/t22-,25-,31+/m0/s1. The van der Waals surface area contributed by atoms with E-state index in [0.29, 0.717) is 31.7 Å². The topological polar surface area (TPSA) is 61.8 Å². The molecular weight excluding hydrogens is 474 g/mol. The molecule has 2 aromatic rings. The number of nitrogens with zero attached hydrogens (tertiary/aromatic N) is 5. The van der Waals surface area contributed by atoms with Crippen LogP contribution < -0.4 is 9.64 Å². The van der Waals surface area contributed by atoms with Gasteiger partial charge in [0.15, 0.2) is 0 Å². The second-order valence-corrected chi connectivity index (χ2v) is 12.0. The van der Waals surface area contributed by atoms with Gasteiger partial charge in [-0.2, -0.15) is 9.97 Å². The maximum atomic E-state index is 12.3. The summed E-state index contributed by atoms with van der Waals surface area (Å²) in [5.74, 6) is 1.03. The summed E-state index contributed by atoms with van der Waals surface area (Å²) in [6, 6.07) is 10.1. The van der Waals surface area contributed by atoms with Gasteiger partial charge in [-0.1, -0.05) is 30.8 Å². The van der Waals surface area contributed by atoms with Gasteiger partial charge in [-0.15, -0.1) is 0 Å². The molecule has 2 aliphatic heterocycles. The number of carbonyl (C=O) groups excluding carboxylic acids is 1. The molecule has 1 aromatic carbocycles. The number of anilines is 1. The zero-order chi connectivity index (χ0) is 26.3. The fraction of sp³-hybridized carbons (Fsp3) is 0.581. The fourth-order valence-corrected chi connectivity index (χ4v) is 7.23. The molecule has 2 saturated heterocycles.